The number of carbonyl (C=O) groups is 2. The van der Waals surface area contributed by atoms with E-state index in [1.165, 1.54) is 11.8 Å². The second-order valence-corrected chi connectivity index (χ2v) is 9.55. The molecule has 7 heteroatoms. The summed E-state index contributed by atoms with van der Waals surface area (Å²) in [4.78, 5) is 29.9. The molecule has 1 unspecified atom stereocenters. The highest BCUT2D eigenvalue weighted by molar-refractivity contribution is 7.99. The third-order valence-electron chi connectivity index (χ3n) is 5.75. The van der Waals surface area contributed by atoms with E-state index >= 15 is 0 Å². The van der Waals surface area contributed by atoms with Crippen LogP contribution in [-0.4, -0.2) is 31.2 Å². The molecule has 2 heterocycles. The van der Waals surface area contributed by atoms with Crippen LogP contribution in [0.4, 0.5) is 5.69 Å². The average Bonchev–Trinajstić information content (AvgIpc) is 3.33. The van der Waals surface area contributed by atoms with Crippen molar-refractivity contribution >= 4 is 40.9 Å². The maximum absolute atomic E-state index is 13.6. The van der Waals surface area contributed by atoms with Gasteiger partial charge in [0.05, 0.1) is 29.5 Å². The molecule has 33 heavy (non-hydrogen) atoms. The maximum Gasteiger partial charge on any atom is 0.338 e. The molecule has 0 bridgehead atoms. The Morgan fingerprint density at radius 1 is 1.09 bits per heavy atom. The number of fused-ring (bicyclic) bond motifs is 2. The monoisotopic (exact) mass is 479 g/mol. The summed E-state index contributed by atoms with van der Waals surface area (Å²) in [6.07, 6.45) is 1.85. The van der Waals surface area contributed by atoms with E-state index in [1.54, 1.807) is 17.0 Å². The normalized spacial score (nSPS) is 17.3. The van der Waals surface area contributed by atoms with E-state index in [2.05, 4.69) is 0 Å². The van der Waals surface area contributed by atoms with Gasteiger partial charge in [-0.1, -0.05) is 47.6 Å². The number of hydrogen-bond donors (Lipinski definition) is 0. The molecular formula is C26H22ClNO4S. The van der Waals surface area contributed by atoms with Crippen molar-refractivity contribution in [3.63, 3.8) is 0 Å². The number of hydrogen-bond acceptors (Lipinski definition) is 5. The first kappa shape index (κ1) is 22.0. The molecule has 0 spiro atoms. The molecule has 0 N–H and O–H groups in total. The molecule has 2 aliphatic heterocycles. The first-order chi connectivity index (χ1) is 16.1. The lowest BCUT2D eigenvalue weighted by molar-refractivity contribution is 0.0161. The van der Waals surface area contributed by atoms with Crippen LogP contribution in [0.25, 0.3) is 0 Å². The Balaban J connectivity index is 1.49. The van der Waals surface area contributed by atoms with Gasteiger partial charge < -0.3 is 14.4 Å². The van der Waals surface area contributed by atoms with Crippen LogP contribution in [0.15, 0.2) is 76.5 Å². The van der Waals surface area contributed by atoms with E-state index in [1.807, 2.05) is 54.6 Å². The van der Waals surface area contributed by atoms with Gasteiger partial charge in [0, 0.05) is 21.4 Å². The third kappa shape index (κ3) is 4.78. The van der Waals surface area contributed by atoms with Crippen molar-refractivity contribution in [2.75, 3.05) is 18.1 Å². The van der Waals surface area contributed by atoms with Gasteiger partial charge in [-0.15, -0.1) is 0 Å². The second-order valence-electron chi connectivity index (χ2n) is 8.03. The zero-order valence-corrected chi connectivity index (χ0v) is 19.4. The number of ether oxygens (including phenoxy) is 2. The second kappa shape index (κ2) is 9.59. The molecule has 1 fully saturated rings. The minimum Gasteiger partial charge on any atom is -0.459 e. The van der Waals surface area contributed by atoms with Crippen molar-refractivity contribution < 1.29 is 19.1 Å². The Kier molecular flexibility index (Phi) is 6.40. The van der Waals surface area contributed by atoms with Crippen LogP contribution in [0.2, 0.25) is 5.02 Å². The van der Waals surface area contributed by atoms with Crippen LogP contribution in [0.1, 0.15) is 39.1 Å². The summed E-state index contributed by atoms with van der Waals surface area (Å²) < 4.78 is 11.0. The Bertz CT molecular complexity index is 1190. The number of benzene rings is 3. The SMILES string of the molecule is O=C(OCC1CCCO1)c1ccc2c(c1)N(Cc1ccc(Cl)cc1)C(=O)c1ccccc1S2. The Morgan fingerprint density at radius 3 is 2.70 bits per heavy atom. The Hall–Kier alpha value is -2.80. The third-order valence-corrected chi connectivity index (χ3v) is 7.14. The van der Waals surface area contributed by atoms with E-state index in [0.717, 1.165) is 28.2 Å². The first-order valence-corrected chi connectivity index (χ1v) is 12.0. The van der Waals surface area contributed by atoms with Crippen LogP contribution in [-0.2, 0) is 16.0 Å². The maximum atomic E-state index is 13.6. The lowest BCUT2D eigenvalue weighted by Crippen LogP contribution is -2.30. The number of nitrogens with zero attached hydrogens (tertiary/aromatic N) is 1. The van der Waals surface area contributed by atoms with Crippen molar-refractivity contribution in [1.29, 1.82) is 0 Å². The number of anilines is 1. The van der Waals surface area contributed by atoms with Crippen molar-refractivity contribution in [1.82, 2.24) is 0 Å². The molecule has 5 nitrogen and oxygen atoms in total. The quantitative estimate of drug-likeness (QED) is 0.421. The Morgan fingerprint density at radius 2 is 1.91 bits per heavy atom. The van der Waals surface area contributed by atoms with Gasteiger partial charge in [0.15, 0.2) is 0 Å². The summed E-state index contributed by atoms with van der Waals surface area (Å²) in [6, 6.07) is 20.4. The molecule has 3 aromatic carbocycles. The lowest BCUT2D eigenvalue weighted by Gasteiger charge is -2.24. The number of esters is 1. The molecule has 3 aromatic rings. The van der Waals surface area contributed by atoms with Gasteiger partial charge in [0.1, 0.15) is 6.61 Å². The highest BCUT2D eigenvalue weighted by Gasteiger charge is 2.28. The number of amides is 1. The van der Waals surface area contributed by atoms with Crippen molar-refractivity contribution in [2.24, 2.45) is 0 Å². The molecule has 0 radical (unpaired) electrons. The highest BCUT2D eigenvalue weighted by Crippen LogP contribution is 2.42. The minimum absolute atomic E-state index is 0.0391. The standard InChI is InChI=1S/C26H22ClNO4S/c27-19-10-7-17(8-11-19)15-28-22-14-18(26(30)32-16-20-4-3-13-31-20)9-12-24(22)33-23-6-2-1-5-21(23)25(28)29/h1-2,5-12,14,20H,3-4,13,15-16H2. The van der Waals surface area contributed by atoms with E-state index in [0.29, 0.717) is 35.0 Å². The Labute approximate surface area is 201 Å². The predicted molar refractivity (Wildman–Crippen MR) is 128 cm³/mol. The summed E-state index contributed by atoms with van der Waals surface area (Å²) in [5.74, 6) is -0.532. The first-order valence-electron chi connectivity index (χ1n) is 10.8. The largest absolute Gasteiger partial charge is 0.459 e. The van der Waals surface area contributed by atoms with Crippen molar-refractivity contribution in [2.45, 2.75) is 35.3 Å². The van der Waals surface area contributed by atoms with E-state index in [4.69, 9.17) is 21.1 Å². The van der Waals surface area contributed by atoms with Gasteiger partial charge >= 0.3 is 5.97 Å². The van der Waals surface area contributed by atoms with Crippen LogP contribution < -0.4 is 4.90 Å². The molecular weight excluding hydrogens is 458 g/mol. The van der Waals surface area contributed by atoms with Crippen LogP contribution in [0.5, 0.6) is 0 Å². The van der Waals surface area contributed by atoms with Crippen LogP contribution >= 0.6 is 23.4 Å². The van der Waals surface area contributed by atoms with Crippen LogP contribution in [0.3, 0.4) is 0 Å². The lowest BCUT2D eigenvalue weighted by atomic mass is 10.1. The number of rotatable bonds is 5. The number of carbonyl (C=O) groups excluding carboxylic acids is 2. The fourth-order valence-corrected chi connectivity index (χ4v) is 5.19. The summed E-state index contributed by atoms with van der Waals surface area (Å²) in [5, 5.41) is 0.638. The molecule has 0 aliphatic carbocycles. The van der Waals surface area contributed by atoms with E-state index in [9.17, 15) is 9.59 Å². The minimum atomic E-state index is -0.418. The summed E-state index contributed by atoms with van der Waals surface area (Å²) in [7, 11) is 0. The summed E-state index contributed by atoms with van der Waals surface area (Å²) >= 11 is 7.57. The van der Waals surface area contributed by atoms with Gasteiger partial charge in [0.25, 0.3) is 5.91 Å². The fraction of sp³-hybridized carbons (Fsp3) is 0.231. The highest BCUT2D eigenvalue weighted by atomic mass is 35.5. The predicted octanol–water partition coefficient (Wildman–Crippen LogP) is 5.99. The van der Waals surface area contributed by atoms with Crippen molar-refractivity contribution in [3.8, 4) is 0 Å². The summed E-state index contributed by atoms with van der Waals surface area (Å²) in [5.41, 5.74) is 2.67. The molecule has 0 aromatic heterocycles. The molecule has 168 valence electrons. The molecule has 0 saturated carbocycles. The van der Waals surface area contributed by atoms with Crippen molar-refractivity contribution in [3.05, 3.63) is 88.4 Å². The zero-order valence-electron chi connectivity index (χ0n) is 17.8. The topological polar surface area (TPSA) is 55.8 Å². The molecule has 1 atom stereocenters. The fourth-order valence-electron chi connectivity index (χ4n) is 4.00. The molecule has 1 amide bonds. The average molecular weight is 480 g/mol. The van der Waals surface area contributed by atoms with Gasteiger partial charge in [-0.05, 0) is 60.9 Å². The van der Waals surface area contributed by atoms with Gasteiger partial charge in [0.2, 0.25) is 0 Å². The van der Waals surface area contributed by atoms with Crippen LogP contribution in [0, 0.1) is 0 Å². The number of halogens is 1. The van der Waals surface area contributed by atoms with Gasteiger partial charge in [-0.3, -0.25) is 4.79 Å². The molecule has 1 saturated heterocycles. The summed E-state index contributed by atoms with van der Waals surface area (Å²) in [6.45, 7) is 1.30. The van der Waals surface area contributed by atoms with Gasteiger partial charge in [-0.2, -0.15) is 0 Å². The molecule has 5 rings (SSSR count). The van der Waals surface area contributed by atoms with Gasteiger partial charge in [-0.25, -0.2) is 4.79 Å². The molecule has 2 aliphatic rings. The smallest absolute Gasteiger partial charge is 0.338 e. The van der Waals surface area contributed by atoms with E-state index < -0.39 is 5.97 Å². The van der Waals surface area contributed by atoms with E-state index in [-0.39, 0.29) is 18.6 Å². The zero-order chi connectivity index (χ0) is 22.8.